The minimum Gasteiger partial charge on any atom is -0.492 e. The summed E-state index contributed by atoms with van der Waals surface area (Å²) in [5.74, 6) is -0.300. The molecular formula is C18H20N2O3. The molecule has 3 N–H and O–H groups in total. The third kappa shape index (κ3) is 4.57. The number of benzene rings is 2. The van der Waals surface area contributed by atoms with Crippen molar-refractivity contribution in [2.75, 3.05) is 11.9 Å². The van der Waals surface area contributed by atoms with Crippen molar-refractivity contribution in [2.24, 2.45) is 5.73 Å². The molecule has 5 heteroatoms. The van der Waals surface area contributed by atoms with E-state index in [1.54, 1.807) is 24.3 Å². The number of aryl methyl sites for hydroxylation is 1. The van der Waals surface area contributed by atoms with Crippen molar-refractivity contribution in [3.63, 3.8) is 0 Å². The highest BCUT2D eigenvalue weighted by Gasteiger charge is 2.10. The number of nitrogens with one attached hydrogen (secondary N) is 1. The van der Waals surface area contributed by atoms with Crippen molar-refractivity contribution in [3.05, 3.63) is 59.7 Å². The maximum Gasteiger partial charge on any atom is 0.252 e. The monoisotopic (exact) mass is 312 g/mol. The van der Waals surface area contributed by atoms with Gasteiger partial charge in [0, 0.05) is 5.69 Å². The quantitative estimate of drug-likeness (QED) is 0.825. The van der Waals surface area contributed by atoms with Gasteiger partial charge in [-0.3, -0.25) is 9.59 Å². The molecule has 0 heterocycles. The van der Waals surface area contributed by atoms with Crippen LogP contribution in [0.4, 0.5) is 5.69 Å². The molecule has 0 radical (unpaired) electrons. The summed E-state index contributed by atoms with van der Waals surface area (Å²) in [6.07, 6.45) is 1.03. The number of anilines is 1. The summed E-state index contributed by atoms with van der Waals surface area (Å²) >= 11 is 0. The van der Waals surface area contributed by atoms with E-state index in [0.29, 0.717) is 11.3 Å². The van der Waals surface area contributed by atoms with Crippen LogP contribution in [0.2, 0.25) is 0 Å². The highest BCUT2D eigenvalue weighted by molar-refractivity contribution is 5.95. The average Bonchev–Trinajstić information content (AvgIpc) is 2.55. The molecule has 0 spiro atoms. The summed E-state index contributed by atoms with van der Waals surface area (Å²) < 4.78 is 5.50. The third-order valence-electron chi connectivity index (χ3n) is 3.41. The molecule has 0 aliphatic rings. The molecule has 0 aromatic heterocycles. The normalized spacial score (nSPS) is 10.1. The summed E-state index contributed by atoms with van der Waals surface area (Å²) in [6, 6.07) is 14.4. The number of nitrogens with two attached hydrogens (primary N) is 1. The Morgan fingerprint density at radius 3 is 2.52 bits per heavy atom. The largest absolute Gasteiger partial charge is 0.492 e. The van der Waals surface area contributed by atoms with Gasteiger partial charge in [0.1, 0.15) is 5.75 Å². The van der Waals surface area contributed by atoms with Gasteiger partial charge in [-0.25, -0.2) is 0 Å². The average molecular weight is 312 g/mol. The number of rotatable bonds is 7. The maximum atomic E-state index is 12.0. The molecule has 0 bridgehead atoms. The zero-order chi connectivity index (χ0) is 16.7. The second-order valence-corrected chi connectivity index (χ2v) is 5.02. The lowest BCUT2D eigenvalue weighted by Gasteiger charge is -2.11. The molecule has 2 aromatic carbocycles. The minimum atomic E-state index is -0.554. The molecule has 0 fully saturated rings. The van der Waals surface area contributed by atoms with E-state index in [2.05, 4.69) is 5.32 Å². The van der Waals surface area contributed by atoms with Crippen molar-refractivity contribution >= 4 is 17.5 Å². The molecule has 0 aliphatic heterocycles. The Morgan fingerprint density at radius 1 is 1.09 bits per heavy atom. The van der Waals surface area contributed by atoms with Crippen LogP contribution in [0.1, 0.15) is 29.3 Å². The molecule has 23 heavy (non-hydrogen) atoms. The van der Waals surface area contributed by atoms with Crippen molar-refractivity contribution < 1.29 is 14.3 Å². The summed E-state index contributed by atoms with van der Waals surface area (Å²) in [5.41, 5.74) is 7.49. The molecule has 0 aliphatic carbocycles. The van der Waals surface area contributed by atoms with E-state index in [-0.39, 0.29) is 18.9 Å². The Balaban J connectivity index is 1.89. The molecule has 2 rings (SSSR count). The topological polar surface area (TPSA) is 81.4 Å². The van der Waals surface area contributed by atoms with Crippen molar-refractivity contribution in [1.29, 1.82) is 0 Å². The number of ether oxygens (including phenoxy) is 1. The summed E-state index contributed by atoms with van der Waals surface area (Å²) in [6.45, 7) is 2.21. The van der Waals surface area contributed by atoms with E-state index < -0.39 is 5.91 Å². The molecule has 0 saturated carbocycles. The Labute approximate surface area is 135 Å². The van der Waals surface area contributed by atoms with Gasteiger partial charge in [0.05, 0.1) is 18.6 Å². The van der Waals surface area contributed by atoms with Gasteiger partial charge in [-0.05, 0) is 30.2 Å². The van der Waals surface area contributed by atoms with Crippen LogP contribution in [0.15, 0.2) is 48.5 Å². The molecule has 0 atom stereocenters. The first kappa shape index (κ1) is 16.5. The van der Waals surface area contributed by atoms with Gasteiger partial charge in [-0.1, -0.05) is 37.3 Å². The van der Waals surface area contributed by atoms with Gasteiger partial charge in [-0.2, -0.15) is 0 Å². The van der Waals surface area contributed by atoms with E-state index >= 15 is 0 Å². The van der Waals surface area contributed by atoms with Crippen molar-refractivity contribution in [2.45, 2.75) is 19.8 Å². The molecule has 2 aromatic rings. The number of hydrogen-bond donors (Lipinski definition) is 2. The number of carbonyl (C=O) groups excluding carboxylic acids is 2. The summed E-state index contributed by atoms with van der Waals surface area (Å²) in [5, 5.41) is 2.87. The number of amides is 2. The van der Waals surface area contributed by atoms with E-state index in [1.165, 1.54) is 0 Å². The summed E-state index contributed by atoms with van der Waals surface area (Å²) in [4.78, 5) is 23.3. The van der Waals surface area contributed by atoms with Crippen LogP contribution < -0.4 is 15.8 Å². The first-order valence-corrected chi connectivity index (χ1v) is 7.51. The van der Waals surface area contributed by atoms with Crippen LogP contribution in [-0.4, -0.2) is 18.4 Å². The highest BCUT2D eigenvalue weighted by Crippen LogP contribution is 2.18. The van der Waals surface area contributed by atoms with Gasteiger partial charge >= 0.3 is 0 Å². The predicted molar refractivity (Wildman–Crippen MR) is 89.5 cm³/mol. The van der Waals surface area contributed by atoms with Crippen LogP contribution in [0.25, 0.3) is 0 Å². The zero-order valence-corrected chi connectivity index (χ0v) is 13.0. The number of primary amides is 1. The van der Waals surface area contributed by atoms with Crippen LogP contribution in [0.5, 0.6) is 5.75 Å². The highest BCUT2D eigenvalue weighted by atomic mass is 16.5. The van der Waals surface area contributed by atoms with Gasteiger partial charge in [0.2, 0.25) is 5.91 Å². The minimum absolute atomic E-state index is 0.137. The zero-order valence-electron chi connectivity index (χ0n) is 13.0. The van der Waals surface area contributed by atoms with E-state index in [9.17, 15) is 9.59 Å². The van der Waals surface area contributed by atoms with Gasteiger partial charge in [0.25, 0.3) is 5.91 Å². The smallest absolute Gasteiger partial charge is 0.252 e. The van der Waals surface area contributed by atoms with Crippen LogP contribution in [0.3, 0.4) is 0 Å². The number of carbonyl (C=O) groups is 2. The van der Waals surface area contributed by atoms with E-state index in [4.69, 9.17) is 10.5 Å². The fourth-order valence-corrected chi connectivity index (χ4v) is 2.21. The third-order valence-corrected chi connectivity index (χ3v) is 3.41. The lowest BCUT2D eigenvalue weighted by Crippen LogP contribution is -2.17. The first-order valence-electron chi connectivity index (χ1n) is 7.51. The lowest BCUT2D eigenvalue weighted by molar-refractivity contribution is -0.116. The van der Waals surface area contributed by atoms with Crippen LogP contribution >= 0.6 is 0 Å². The Hall–Kier alpha value is -2.82. The molecule has 120 valence electrons. The standard InChI is InChI=1S/C18H20N2O3/c1-2-13-7-3-5-9-15(13)20-17(21)11-12-23-16-10-6-4-8-14(16)18(19)22/h3-10H,2,11-12H2,1H3,(H2,19,22)(H,20,21). The Bertz CT molecular complexity index is 698. The Morgan fingerprint density at radius 2 is 1.78 bits per heavy atom. The van der Waals surface area contributed by atoms with Crippen LogP contribution in [0, 0.1) is 0 Å². The van der Waals surface area contributed by atoms with Gasteiger partial charge in [0.15, 0.2) is 0 Å². The van der Waals surface area contributed by atoms with Crippen molar-refractivity contribution in [1.82, 2.24) is 0 Å². The Kier molecular flexibility index (Phi) is 5.74. The van der Waals surface area contributed by atoms with Crippen molar-refractivity contribution in [3.8, 4) is 5.75 Å². The fourth-order valence-electron chi connectivity index (χ4n) is 2.21. The summed E-state index contributed by atoms with van der Waals surface area (Å²) in [7, 11) is 0. The first-order chi connectivity index (χ1) is 11.1. The predicted octanol–water partition coefficient (Wildman–Crippen LogP) is 2.76. The molecular weight excluding hydrogens is 292 g/mol. The molecule has 5 nitrogen and oxygen atoms in total. The van der Waals surface area contributed by atoms with E-state index in [0.717, 1.165) is 17.7 Å². The molecule has 0 saturated heterocycles. The second kappa shape index (κ2) is 7.98. The second-order valence-electron chi connectivity index (χ2n) is 5.02. The molecule has 0 unspecified atom stereocenters. The fraction of sp³-hybridized carbons (Fsp3) is 0.222. The lowest BCUT2D eigenvalue weighted by atomic mass is 10.1. The number of para-hydroxylation sites is 2. The van der Waals surface area contributed by atoms with E-state index in [1.807, 2.05) is 31.2 Å². The van der Waals surface area contributed by atoms with Gasteiger partial charge < -0.3 is 15.8 Å². The molecule has 2 amide bonds. The van der Waals surface area contributed by atoms with Gasteiger partial charge in [-0.15, -0.1) is 0 Å². The number of hydrogen-bond acceptors (Lipinski definition) is 3. The maximum absolute atomic E-state index is 12.0. The SMILES string of the molecule is CCc1ccccc1NC(=O)CCOc1ccccc1C(N)=O. The van der Waals surface area contributed by atoms with Crippen LogP contribution in [-0.2, 0) is 11.2 Å².